The van der Waals surface area contributed by atoms with Gasteiger partial charge in [-0.05, 0) is 24.6 Å². The van der Waals surface area contributed by atoms with Gasteiger partial charge in [0, 0.05) is 24.6 Å². The van der Waals surface area contributed by atoms with Crippen LogP contribution in [-0.2, 0) is 0 Å². The third-order valence-electron chi connectivity index (χ3n) is 4.89. The molecule has 1 saturated heterocycles. The van der Waals surface area contributed by atoms with Crippen molar-refractivity contribution in [3.8, 4) is 0 Å². The minimum absolute atomic E-state index is 0.171. The van der Waals surface area contributed by atoms with E-state index in [1.54, 1.807) is 13.2 Å². The van der Waals surface area contributed by atoms with Gasteiger partial charge in [-0.25, -0.2) is 19.9 Å². The molecule has 3 heterocycles. The summed E-state index contributed by atoms with van der Waals surface area (Å²) >= 11 is 0. The van der Waals surface area contributed by atoms with Gasteiger partial charge >= 0.3 is 0 Å². The molecule has 3 aromatic rings. The van der Waals surface area contributed by atoms with Crippen LogP contribution in [0.1, 0.15) is 18.4 Å². The van der Waals surface area contributed by atoms with Gasteiger partial charge in [0.25, 0.3) is 0 Å². The van der Waals surface area contributed by atoms with Crippen LogP contribution in [0.2, 0.25) is 0 Å². The van der Waals surface area contributed by atoms with Crippen LogP contribution in [0.3, 0.4) is 0 Å². The second-order valence-electron chi connectivity index (χ2n) is 7.31. The number of fused-ring (bicyclic) bond motifs is 1. The van der Waals surface area contributed by atoms with E-state index in [0.717, 1.165) is 24.1 Å². The van der Waals surface area contributed by atoms with Gasteiger partial charge in [-0.2, -0.15) is 0 Å². The van der Waals surface area contributed by atoms with Crippen molar-refractivity contribution >= 4 is 28.5 Å². The molecule has 0 spiro atoms. The Morgan fingerprint density at radius 3 is 2.74 bits per heavy atom. The first kappa shape index (κ1) is 17.6. The number of nitrogens with one attached hydrogen (secondary N) is 2. The maximum atomic E-state index is 12.0. The number of hydrogen-bond donors (Lipinski definition) is 2. The highest BCUT2D eigenvalue weighted by Gasteiger charge is 2.24. The molecule has 2 aromatic heterocycles. The molecule has 0 atom stereocenters. The number of aromatic nitrogens is 4. The van der Waals surface area contributed by atoms with Gasteiger partial charge < -0.3 is 20.5 Å². The van der Waals surface area contributed by atoms with Crippen LogP contribution in [0, 0.1) is 12.1 Å². The van der Waals surface area contributed by atoms with Gasteiger partial charge in [0.15, 0.2) is 5.82 Å². The predicted molar refractivity (Wildman–Crippen MR) is 106 cm³/mol. The fourth-order valence-corrected chi connectivity index (χ4v) is 3.32. The zero-order valence-electron chi connectivity index (χ0n) is 15.5. The Kier molecular flexibility index (Phi) is 4.59. The molecule has 1 aromatic carbocycles. The zero-order chi connectivity index (χ0) is 18.9. The molecule has 1 aliphatic rings. The topological polar surface area (TPSA) is 98.7 Å². The lowest BCUT2D eigenvalue weighted by atomic mass is 10.1. The van der Waals surface area contributed by atoms with Crippen LogP contribution in [0.4, 0.5) is 17.5 Å². The summed E-state index contributed by atoms with van der Waals surface area (Å²) in [5.41, 5.74) is 3.45. The summed E-state index contributed by atoms with van der Waals surface area (Å²) < 4.78 is -0.171. The predicted octanol–water partition coefficient (Wildman–Crippen LogP) is 2.99. The zero-order valence-corrected chi connectivity index (χ0v) is 15.5. The van der Waals surface area contributed by atoms with Gasteiger partial charge in [-0.15, -0.1) is 0 Å². The number of anilines is 3. The molecular weight excluding hydrogens is 342 g/mol. The lowest BCUT2D eigenvalue weighted by molar-refractivity contribution is -0.865. The third-order valence-corrected chi connectivity index (χ3v) is 4.89. The number of hydroxylamine groups is 3. The number of piperidine rings is 1. The van der Waals surface area contributed by atoms with Crippen molar-refractivity contribution in [3.05, 3.63) is 47.6 Å². The Morgan fingerprint density at radius 1 is 1.15 bits per heavy atom. The molecule has 140 valence electrons. The van der Waals surface area contributed by atoms with Crippen LogP contribution in [0.25, 0.3) is 11.0 Å². The van der Waals surface area contributed by atoms with Crippen molar-refractivity contribution in [1.82, 2.24) is 19.9 Å². The van der Waals surface area contributed by atoms with Crippen molar-refractivity contribution in [3.63, 3.8) is 0 Å². The molecule has 0 aliphatic carbocycles. The van der Waals surface area contributed by atoms with Gasteiger partial charge in [0.2, 0.25) is 5.95 Å². The fourth-order valence-electron chi connectivity index (χ4n) is 3.32. The third kappa shape index (κ3) is 4.12. The number of nitrogens with zero attached hydrogens (tertiary/aromatic N) is 5. The minimum atomic E-state index is -0.171. The number of rotatable bonds is 4. The number of likely N-dealkylation sites (tertiary alicyclic amines) is 1. The molecule has 8 nitrogen and oxygen atoms in total. The largest absolute Gasteiger partial charge is 0.633 e. The quantitative estimate of drug-likeness (QED) is 0.542. The molecule has 0 bridgehead atoms. The van der Waals surface area contributed by atoms with E-state index in [4.69, 9.17) is 0 Å². The smallest absolute Gasteiger partial charge is 0.223 e. The monoisotopic (exact) mass is 365 g/mol. The van der Waals surface area contributed by atoms with Crippen LogP contribution in [0.15, 0.2) is 36.8 Å². The van der Waals surface area contributed by atoms with E-state index in [2.05, 4.69) is 36.6 Å². The Morgan fingerprint density at radius 2 is 1.96 bits per heavy atom. The lowest BCUT2D eigenvalue weighted by Gasteiger charge is -2.44. The summed E-state index contributed by atoms with van der Waals surface area (Å²) in [5.74, 6) is 1.18. The summed E-state index contributed by atoms with van der Waals surface area (Å²) in [4.78, 5) is 17.6. The Balaban J connectivity index is 1.57. The highest BCUT2D eigenvalue weighted by molar-refractivity contribution is 5.87. The van der Waals surface area contributed by atoms with Crippen LogP contribution >= 0.6 is 0 Å². The van der Waals surface area contributed by atoms with Gasteiger partial charge in [-0.1, -0.05) is 12.1 Å². The fraction of sp³-hybridized carbons (Fsp3) is 0.368. The molecule has 8 heteroatoms. The summed E-state index contributed by atoms with van der Waals surface area (Å²) in [6.07, 6.45) is 4.82. The van der Waals surface area contributed by atoms with E-state index in [-0.39, 0.29) is 10.7 Å². The first-order valence-electron chi connectivity index (χ1n) is 9.12. The summed E-state index contributed by atoms with van der Waals surface area (Å²) in [6, 6.07) is 8.29. The summed E-state index contributed by atoms with van der Waals surface area (Å²) in [7, 11) is 1.73. The first-order chi connectivity index (χ1) is 13.0. The van der Waals surface area contributed by atoms with Gasteiger partial charge in [0.05, 0.1) is 26.3 Å². The van der Waals surface area contributed by atoms with Crippen molar-refractivity contribution in [1.29, 1.82) is 0 Å². The van der Waals surface area contributed by atoms with E-state index in [9.17, 15) is 5.21 Å². The average molecular weight is 365 g/mol. The van der Waals surface area contributed by atoms with Crippen LogP contribution in [0.5, 0.6) is 0 Å². The van der Waals surface area contributed by atoms with Crippen molar-refractivity contribution in [2.45, 2.75) is 25.8 Å². The van der Waals surface area contributed by atoms with Gasteiger partial charge in [-0.3, -0.25) is 0 Å². The molecule has 0 unspecified atom stereocenters. The number of aryl methyl sites for hydroxylation is 1. The number of hydrogen-bond acceptors (Lipinski definition) is 7. The van der Waals surface area contributed by atoms with E-state index in [1.165, 1.54) is 6.33 Å². The molecule has 0 radical (unpaired) electrons. The van der Waals surface area contributed by atoms with Crippen molar-refractivity contribution < 1.29 is 4.65 Å². The second-order valence-corrected chi connectivity index (χ2v) is 7.31. The maximum Gasteiger partial charge on any atom is 0.223 e. The number of benzene rings is 1. The SMILES string of the molecule is Cc1cccc(Nc2ncnc3cnc(NC4CC[N+](C)([O-])CC4)nc23)c1. The van der Waals surface area contributed by atoms with Crippen molar-refractivity contribution in [2.24, 2.45) is 0 Å². The van der Waals surface area contributed by atoms with Crippen LogP contribution in [-0.4, -0.2) is 50.8 Å². The highest BCUT2D eigenvalue weighted by atomic mass is 16.5. The molecule has 0 amide bonds. The minimum Gasteiger partial charge on any atom is -0.633 e. The molecule has 4 rings (SSSR count). The summed E-state index contributed by atoms with van der Waals surface area (Å²) in [6.45, 7) is 3.26. The van der Waals surface area contributed by atoms with E-state index in [0.29, 0.717) is 35.9 Å². The molecular formula is C19H23N7O. The van der Waals surface area contributed by atoms with Gasteiger partial charge in [0.1, 0.15) is 17.4 Å². The van der Waals surface area contributed by atoms with Crippen molar-refractivity contribution in [2.75, 3.05) is 30.8 Å². The van der Waals surface area contributed by atoms with E-state index >= 15 is 0 Å². The summed E-state index contributed by atoms with van der Waals surface area (Å²) in [5, 5.41) is 18.7. The molecule has 1 aliphatic heterocycles. The lowest BCUT2D eigenvalue weighted by Crippen LogP contribution is -2.47. The van der Waals surface area contributed by atoms with E-state index in [1.807, 2.05) is 25.1 Å². The Labute approximate surface area is 157 Å². The second kappa shape index (κ2) is 7.05. The standard InChI is InChI=1S/C19H23N7O/c1-13-4-3-5-15(10-13)23-18-17-16(21-12-22-18)11-20-19(25-17)24-14-6-8-26(2,27)9-7-14/h3-5,10-12,14H,6-9H2,1-2H3,(H,20,24,25)(H,21,22,23). The maximum absolute atomic E-state index is 12.0. The van der Waals surface area contributed by atoms with Crippen LogP contribution < -0.4 is 10.6 Å². The Bertz CT molecular complexity index is 950. The number of quaternary nitrogens is 1. The van der Waals surface area contributed by atoms with E-state index < -0.39 is 0 Å². The average Bonchev–Trinajstić information content (AvgIpc) is 2.64. The molecule has 0 saturated carbocycles. The Hall–Kier alpha value is -2.84. The molecule has 1 fully saturated rings. The highest BCUT2D eigenvalue weighted by Crippen LogP contribution is 2.23. The molecule has 27 heavy (non-hydrogen) atoms. The normalized spacial score (nSPS) is 22.6. The molecule has 2 N–H and O–H groups in total. The first-order valence-corrected chi connectivity index (χ1v) is 9.12.